The van der Waals surface area contributed by atoms with Crippen molar-refractivity contribution in [1.82, 2.24) is 10.6 Å². The minimum absolute atomic E-state index is 0.00135. The van der Waals surface area contributed by atoms with Gasteiger partial charge in [-0.05, 0) is 42.0 Å². The van der Waals surface area contributed by atoms with Crippen molar-refractivity contribution >= 4 is 5.91 Å². The van der Waals surface area contributed by atoms with E-state index in [0.29, 0.717) is 6.04 Å². The number of rotatable bonds is 7. The summed E-state index contributed by atoms with van der Waals surface area (Å²) in [5, 5.41) is 6.60. The maximum Gasteiger partial charge on any atom is 0.241 e. The Morgan fingerprint density at radius 1 is 1.00 bits per heavy atom. The number of benzene rings is 2. The predicted octanol–water partition coefficient (Wildman–Crippen LogP) is 4.13. The van der Waals surface area contributed by atoms with E-state index < -0.39 is 6.04 Å². The van der Waals surface area contributed by atoms with E-state index in [1.54, 1.807) is 12.1 Å². The fourth-order valence-electron chi connectivity index (χ4n) is 3.00. The quantitative estimate of drug-likeness (QED) is 0.796. The zero-order chi connectivity index (χ0) is 17.8. The van der Waals surface area contributed by atoms with Gasteiger partial charge in [-0.25, -0.2) is 4.39 Å². The predicted molar refractivity (Wildman–Crippen MR) is 97.5 cm³/mol. The number of carbonyl (C=O) groups excluding carboxylic acids is 1. The zero-order valence-corrected chi connectivity index (χ0v) is 14.7. The van der Waals surface area contributed by atoms with Gasteiger partial charge in [0, 0.05) is 12.1 Å². The van der Waals surface area contributed by atoms with Gasteiger partial charge in [0.15, 0.2) is 0 Å². The molecule has 1 amide bonds. The molecule has 0 saturated heterocycles. The van der Waals surface area contributed by atoms with Gasteiger partial charge >= 0.3 is 0 Å². The number of hydrogen-bond acceptors (Lipinski definition) is 2. The highest BCUT2D eigenvalue weighted by Gasteiger charge is 2.30. The normalized spacial score (nSPS) is 16.5. The Labute approximate surface area is 148 Å². The minimum Gasteiger partial charge on any atom is -0.352 e. The Morgan fingerprint density at radius 3 is 2.20 bits per heavy atom. The highest BCUT2D eigenvalue weighted by atomic mass is 19.1. The van der Waals surface area contributed by atoms with Gasteiger partial charge in [-0.15, -0.1) is 0 Å². The van der Waals surface area contributed by atoms with Crippen LogP contribution in [0.1, 0.15) is 49.9 Å². The van der Waals surface area contributed by atoms with Gasteiger partial charge in [0.2, 0.25) is 5.91 Å². The summed E-state index contributed by atoms with van der Waals surface area (Å²) < 4.78 is 13.3. The average molecular weight is 340 g/mol. The number of halogens is 1. The van der Waals surface area contributed by atoms with Crippen LogP contribution in [0.5, 0.6) is 0 Å². The van der Waals surface area contributed by atoms with Crippen molar-refractivity contribution in [1.29, 1.82) is 0 Å². The summed E-state index contributed by atoms with van der Waals surface area (Å²) >= 11 is 0. The SMILES string of the molecule is CC(C)[C@H](N[C@@H](C(=O)NC1CC1)c1ccccc1)c1ccc(F)cc1. The minimum atomic E-state index is -0.431. The second-order valence-corrected chi connectivity index (χ2v) is 7.07. The van der Waals surface area contributed by atoms with E-state index in [0.717, 1.165) is 24.0 Å². The van der Waals surface area contributed by atoms with Gasteiger partial charge in [0.1, 0.15) is 11.9 Å². The lowest BCUT2D eigenvalue weighted by Gasteiger charge is -2.28. The number of carbonyl (C=O) groups is 1. The molecule has 0 unspecified atom stereocenters. The second-order valence-electron chi connectivity index (χ2n) is 7.07. The Bertz CT molecular complexity index is 696. The van der Waals surface area contributed by atoms with Gasteiger partial charge < -0.3 is 5.32 Å². The van der Waals surface area contributed by atoms with Crippen LogP contribution in [-0.2, 0) is 4.79 Å². The Hall–Kier alpha value is -2.20. The lowest BCUT2D eigenvalue weighted by Crippen LogP contribution is -2.41. The van der Waals surface area contributed by atoms with Crippen LogP contribution >= 0.6 is 0 Å². The van der Waals surface area contributed by atoms with Crippen LogP contribution < -0.4 is 10.6 Å². The van der Waals surface area contributed by atoms with E-state index in [-0.39, 0.29) is 23.7 Å². The summed E-state index contributed by atoms with van der Waals surface area (Å²) in [7, 11) is 0. The largest absolute Gasteiger partial charge is 0.352 e. The van der Waals surface area contributed by atoms with Crippen molar-refractivity contribution < 1.29 is 9.18 Å². The van der Waals surface area contributed by atoms with Crippen LogP contribution in [0.4, 0.5) is 4.39 Å². The summed E-state index contributed by atoms with van der Waals surface area (Å²) in [4.78, 5) is 12.8. The lowest BCUT2D eigenvalue weighted by atomic mass is 9.93. The van der Waals surface area contributed by atoms with Crippen molar-refractivity contribution in [3.63, 3.8) is 0 Å². The van der Waals surface area contributed by atoms with E-state index in [9.17, 15) is 9.18 Å². The van der Waals surface area contributed by atoms with E-state index in [4.69, 9.17) is 0 Å². The monoisotopic (exact) mass is 340 g/mol. The maximum atomic E-state index is 13.3. The first-order valence-corrected chi connectivity index (χ1v) is 8.91. The van der Waals surface area contributed by atoms with Gasteiger partial charge in [0.25, 0.3) is 0 Å². The molecule has 0 aromatic heterocycles. The molecule has 132 valence electrons. The molecule has 3 rings (SSSR count). The molecule has 0 aliphatic heterocycles. The summed E-state index contributed by atoms with van der Waals surface area (Å²) in [6.45, 7) is 4.20. The number of amides is 1. The van der Waals surface area contributed by atoms with Crippen LogP contribution in [0, 0.1) is 11.7 Å². The summed E-state index contributed by atoms with van der Waals surface area (Å²) in [5.74, 6) is 0.00389. The maximum absolute atomic E-state index is 13.3. The zero-order valence-electron chi connectivity index (χ0n) is 14.7. The van der Waals surface area contributed by atoms with E-state index in [1.807, 2.05) is 30.3 Å². The first-order chi connectivity index (χ1) is 12.0. The third kappa shape index (κ3) is 4.67. The Balaban J connectivity index is 1.85. The first-order valence-electron chi connectivity index (χ1n) is 8.91. The van der Waals surface area contributed by atoms with Crippen LogP contribution in [0.3, 0.4) is 0 Å². The van der Waals surface area contributed by atoms with Gasteiger partial charge in [0.05, 0.1) is 0 Å². The highest BCUT2D eigenvalue weighted by Crippen LogP contribution is 2.27. The molecule has 2 aromatic carbocycles. The molecule has 0 radical (unpaired) electrons. The summed E-state index contributed by atoms with van der Waals surface area (Å²) in [6, 6.07) is 16.1. The fraction of sp³-hybridized carbons (Fsp3) is 0.381. The molecule has 2 N–H and O–H groups in total. The third-order valence-corrected chi connectivity index (χ3v) is 4.56. The number of hydrogen-bond donors (Lipinski definition) is 2. The van der Waals surface area contributed by atoms with Crippen LogP contribution in [-0.4, -0.2) is 11.9 Å². The van der Waals surface area contributed by atoms with Crippen molar-refractivity contribution in [2.75, 3.05) is 0 Å². The molecule has 0 heterocycles. The fourth-order valence-corrected chi connectivity index (χ4v) is 3.00. The average Bonchev–Trinajstić information content (AvgIpc) is 3.41. The standard InChI is InChI=1S/C21H25FN2O/c1-14(2)19(16-8-10-17(22)11-9-16)24-20(15-6-4-3-5-7-15)21(25)23-18-12-13-18/h3-11,14,18-20,24H,12-13H2,1-2H3,(H,23,25)/t19-,20+/m0/s1. The molecule has 2 aromatic rings. The molecular weight excluding hydrogens is 315 g/mol. The molecule has 0 spiro atoms. The molecule has 25 heavy (non-hydrogen) atoms. The van der Waals surface area contributed by atoms with Crippen molar-refractivity contribution in [3.8, 4) is 0 Å². The highest BCUT2D eigenvalue weighted by molar-refractivity contribution is 5.83. The number of nitrogens with one attached hydrogen (secondary N) is 2. The van der Waals surface area contributed by atoms with Crippen molar-refractivity contribution in [2.45, 2.75) is 44.8 Å². The Morgan fingerprint density at radius 2 is 1.64 bits per heavy atom. The Kier molecular flexibility index (Phi) is 5.49. The van der Waals surface area contributed by atoms with E-state index >= 15 is 0 Å². The molecule has 3 nitrogen and oxygen atoms in total. The van der Waals surface area contributed by atoms with Crippen LogP contribution in [0.25, 0.3) is 0 Å². The summed E-state index contributed by atoms with van der Waals surface area (Å²) in [5.41, 5.74) is 1.92. The molecule has 1 fully saturated rings. The topological polar surface area (TPSA) is 41.1 Å². The molecule has 0 bridgehead atoms. The van der Waals surface area contributed by atoms with Crippen molar-refractivity contribution in [2.24, 2.45) is 5.92 Å². The van der Waals surface area contributed by atoms with Crippen molar-refractivity contribution in [3.05, 3.63) is 71.5 Å². The molecule has 4 heteroatoms. The molecule has 1 saturated carbocycles. The lowest BCUT2D eigenvalue weighted by molar-refractivity contribution is -0.123. The van der Waals surface area contributed by atoms with E-state index in [2.05, 4.69) is 24.5 Å². The third-order valence-electron chi connectivity index (χ3n) is 4.56. The van der Waals surface area contributed by atoms with Crippen LogP contribution in [0.15, 0.2) is 54.6 Å². The molecule has 1 aliphatic rings. The smallest absolute Gasteiger partial charge is 0.241 e. The molecular formula is C21H25FN2O. The summed E-state index contributed by atoms with van der Waals surface area (Å²) in [6.07, 6.45) is 2.11. The van der Waals surface area contributed by atoms with E-state index in [1.165, 1.54) is 12.1 Å². The van der Waals surface area contributed by atoms with Gasteiger partial charge in [-0.3, -0.25) is 10.1 Å². The molecule has 1 aliphatic carbocycles. The molecule has 2 atom stereocenters. The van der Waals surface area contributed by atoms with Crippen LogP contribution in [0.2, 0.25) is 0 Å². The van der Waals surface area contributed by atoms with Gasteiger partial charge in [-0.2, -0.15) is 0 Å². The second kappa shape index (κ2) is 7.79. The first kappa shape index (κ1) is 17.6. The van der Waals surface area contributed by atoms with Gasteiger partial charge in [-0.1, -0.05) is 56.3 Å².